The zero-order valence-corrected chi connectivity index (χ0v) is 14.1. The number of piperidine rings is 1. The largest absolute Gasteiger partial charge is 0.477 e. The molecule has 134 valence electrons. The van der Waals surface area contributed by atoms with Crippen molar-refractivity contribution in [3.8, 4) is 5.88 Å². The highest BCUT2D eigenvalue weighted by Gasteiger charge is 2.23. The van der Waals surface area contributed by atoms with Crippen LogP contribution in [0.1, 0.15) is 12.8 Å². The Labute approximate surface area is 149 Å². The van der Waals surface area contributed by atoms with E-state index in [-0.39, 0.29) is 5.82 Å². The van der Waals surface area contributed by atoms with Crippen LogP contribution in [-0.4, -0.2) is 44.2 Å². The third kappa shape index (κ3) is 3.28. The Hall–Kier alpha value is -3.23. The molecule has 0 radical (unpaired) electrons. The third-order valence-electron chi connectivity index (χ3n) is 4.56. The van der Waals surface area contributed by atoms with Gasteiger partial charge in [-0.15, -0.1) is 0 Å². The van der Waals surface area contributed by atoms with Gasteiger partial charge in [0.25, 0.3) is 0 Å². The van der Waals surface area contributed by atoms with E-state index in [2.05, 4.69) is 20.0 Å². The van der Waals surface area contributed by atoms with Gasteiger partial charge < -0.3 is 19.8 Å². The highest BCUT2D eigenvalue weighted by Crippen LogP contribution is 2.24. The molecule has 0 atom stereocenters. The lowest BCUT2D eigenvalue weighted by Crippen LogP contribution is -2.36. The number of aromatic nitrogens is 4. The standard InChI is InChI=1S/C17H18N6O3/c24-23(25)17-11-19-14-4-5-15(20-22(14)17)21-9-6-13(7-10-21)12-26-16-3-1-2-8-18-16/h1-5,8,11,13H,6-7,9-10,12H2. The molecule has 1 saturated heterocycles. The molecular formula is C17H18N6O3. The van der Waals surface area contributed by atoms with Gasteiger partial charge in [-0.2, -0.15) is 0 Å². The Kier molecular flexibility index (Phi) is 4.34. The first-order chi connectivity index (χ1) is 12.7. The summed E-state index contributed by atoms with van der Waals surface area (Å²) in [6.45, 7) is 2.30. The van der Waals surface area contributed by atoms with Crippen LogP contribution in [0.4, 0.5) is 11.6 Å². The van der Waals surface area contributed by atoms with Crippen LogP contribution in [-0.2, 0) is 0 Å². The Bertz CT molecular complexity index is 905. The minimum atomic E-state index is -0.474. The molecule has 9 nitrogen and oxygen atoms in total. The van der Waals surface area contributed by atoms with Crippen LogP contribution in [0.5, 0.6) is 5.88 Å². The second kappa shape index (κ2) is 6.95. The highest BCUT2D eigenvalue weighted by molar-refractivity contribution is 5.49. The quantitative estimate of drug-likeness (QED) is 0.512. The summed E-state index contributed by atoms with van der Waals surface area (Å²) in [5, 5.41) is 15.5. The lowest BCUT2D eigenvalue weighted by Gasteiger charge is -2.31. The zero-order valence-electron chi connectivity index (χ0n) is 14.1. The molecule has 0 N–H and O–H groups in total. The maximum atomic E-state index is 11.1. The molecule has 0 bridgehead atoms. The highest BCUT2D eigenvalue weighted by atomic mass is 16.6. The summed E-state index contributed by atoms with van der Waals surface area (Å²) in [5.74, 6) is 1.71. The fourth-order valence-electron chi connectivity index (χ4n) is 3.11. The summed E-state index contributed by atoms with van der Waals surface area (Å²) >= 11 is 0. The van der Waals surface area contributed by atoms with Gasteiger partial charge in [0.05, 0.1) is 6.61 Å². The molecule has 0 aromatic carbocycles. The second-order valence-corrected chi connectivity index (χ2v) is 6.24. The van der Waals surface area contributed by atoms with E-state index in [1.54, 1.807) is 12.3 Å². The Balaban J connectivity index is 1.39. The van der Waals surface area contributed by atoms with Crippen molar-refractivity contribution in [3.63, 3.8) is 0 Å². The van der Waals surface area contributed by atoms with E-state index in [1.165, 1.54) is 10.7 Å². The summed E-state index contributed by atoms with van der Waals surface area (Å²) in [5.41, 5.74) is 0.471. The van der Waals surface area contributed by atoms with E-state index in [0.29, 0.717) is 24.1 Å². The predicted octanol–water partition coefficient (Wildman–Crippen LogP) is 2.33. The number of rotatable bonds is 5. The van der Waals surface area contributed by atoms with Gasteiger partial charge >= 0.3 is 5.82 Å². The molecule has 0 aliphatic carbocycles. The Morgan fingerprint density at radius 3 is 2.77 bits per heavy atom. The smallest absolute Gasteiger partial charge is 0.368 e. The van der Waals surface area contributed by atoms with Gasteiger partial charge in [0, 0.05) is 31.4 Å². The number of ether oxygens (including phenoxy) is 1. The number of pyridine rings is 1. The first-order valence-corrected chi connectivity index (χ1v) is 8.48. The average molecular weight is 354 g/mol. The lowest BCUT2D eigenvalue weighted by molar-refractivity contribution is -0.391. The molecule has 4 rings (SSSR count). The summed E-state index contributed by atoms with van der Waals surface area (Å²) in [7, 11) is 0. The predicted molar refractivity (Wildman–Crippen MR) is 94.3 cm³/mol. The number of anilines is 1. The molecule has 0 spiro atoms. The molecule has 1 aliphatic rings. The third-order valence-corrected chi connectivity index (χ3v) is 4.56. The van der Waals surface area contributed by atoms with E-state index < -0.39 is 4.92 Å². The monoisotopic (exact) mass is 354 g/mol. The van der Waals surface area contributed by atoms with Crippen molar-refractivity contribution in [2.24, 2.45) is 5.92 Å². The normalized spacial score (nSPS) is 15.3. The van der Waals surface area contributed by atoms with Gasteiger partial charge in [-0.1, -0.05) is 15.7 Å². The SMILES string of the molecule is O=[N+]([O-])c1cnc2ccc(N3CCC(COc4ccccn4)CC3)nn12. The van der Waals surface area contributed by atoms with Crippen LogP contribution in [0.2, 0.25) is 0 Å². The minimum Gasteiger partial charge on any atom is -0.477 e. The number of hydrogen-bond acceptors (Lipinski definition) is 7. The second-order valence-electron chi connectivity index (χ2n) is 6.24. The van der Waals surface area contributed by atoms with E-state index in [0.717, 1.165) is 31.7 Å². The van der Waals surface area contributed by atoms with Gasteiger partial charge in [-0.3, -0.25) is 0 Å². The van der Waals surface area contributed by atoms with Crippen molar-refractivity contribution in [3.05, 3.63) is 52.8 Å². The van der Waals surface area contributed by atoms with E-state index in [9.17, 15) is 10.1 Å². The van der Waals surface area contributed by atoms with Crippen molar-refractivity contribution in [2.75, 3.05) is 24.6 Å². The number of fused-ring (bicyclic) bond motifs is 1. The van der Waals surface area contributed by atoms with Gasteiger partial charge in [0.1, 0.15) is 6.20 Å². The number of hydrogen-bond donors (Lipinski definition) is 0. The van der Waals surface area contributed by atoms with Crippen LogP contribution < -0.4 is 9.64 Å². The molecule has 3 aromatic rings. The molecule has 4 heterocycles. The molecule has 3 aromatic heterocycles. The number of nitrogens with zero attached hydrogens (tertiary/aromatic N) is 6. The molecule has 9 heteroatoms. The van der Waals surface area contributed by atoms with Crippen LogP contribution in [0.25, 0.3) is 5.65 Å². The molecule has 0 saturated carbocycles. The summed E-state index contributed by atoms with van der Waals surface area (Å²) in [6, 6.07) is 9.23. The van der Waals surface area contributed by atoms with E-state index in [1.807, 2.05) is 24.3 Å². The fraction of sp³-hybridized carbons (Fsp3) is 0.353. The molecule has 0 amide bonds. The molecule has 1 aliphatic heterocycles. The molecular weight excluding hydrogens is 336 g/mol. The first kappa shape index (κ1) is 16.2. The maximum absolute atomic E-state index is 11.1. The van der Waals surface area contributed by atoms with Crippen molar-refractivity contribution in [1.82, 2.24) is 19.6 Å². The fourth-order valence-corrected chi connectivity index (χ4v) is 3.11. The van der Waals surface area contributed by atoms with E-state index >= 15 is 0 Å². The van der Waals surface area contributed by atoms with E-state index in [4.69, 9.17) is 4.74 Å². The molecule has 1 fully saturated rings. The van der Waals surface area contributed by atoms with Crippen molar-refractivity contribution < 1.29 is 9.66 Å². The average Bonchev–Trinajstić information content (AvgIpc) is 3.11. The van der Waals surface area contributed by atoms with Gasteiger partial charge in [0.15, 0.2) is 5.82 Å². The number of imidazole rings is 1. The van der Waals surface area contributed by atoms with Crippen molar-refractivity contribution >= 4 is 17.3 Å². The lowest BCUT2D eigenvalue weighted by atomic mass is 9.98. The zero-order chi connectivity index (χ0) is 17.9. The Morgan fingerprint density at radius 1 is 1.19 bits per heavy atom. The molecule has 0 unspecified atom stereocenters. The van der Waals surface area contributed by atoms with Crippen LogP contribution in [0, 0.1) is 16.0 Å². The van der Waals surface area contributed by atoms with Crippen molar-refractivity contribution in [1.29, 1.82) is 0 Å². The minimum absolute atomic E-state index is 0.125. The Morgan fingerprint density at radius 2 is 2.04 bits per heavy atom. The topological polar surface area (TPSA) is 98.7 Å². The van der Waals surface area contributed by atoms with Crippen LogP contribution in [0.3, 0.4) is 0 Å². The van der Waals surface area contributed by atoms with Crippen LogP contribution >= 0.6 is 0 Å². The first-order valence-electron chi connectivity index (χ1n) is 8.48. The summed E-state index contributed by atoms with van der Waals surface area (Å²) < 4.78 is 7.03. The van der Waals surface area contributed by atoms with Gasteiger partial charge in [0.2, 0.25) is 11.5 Å². The van der Waals surface area contributed by atoms with Crippen molar-refractivity contribution in [2.45, 2.75) is 12.8 Å². The van der Waals surface area contributed by atoms with Crippen LogP contribution in [0.15, 0.2) is 42.7 Å². The molecule has 26 heavy (non-hydrogen) atoms. The summed E-state index contributed by atoms with van der Waals surface area (Å²) in [6.07, 6.45) is 4.89. The number of nitro groups is 1. The van der Waals surface area contributed by atoms with Gasteiger partial charge in [-0.25, -0.2) is 9.97 Å². The maximum Gasteiger partial charge on any atom is 0.368 e. The summed E-state index contributed by atoms with van der Waals surface area (Å²) in [4.78, 5) is 20.9. The van der Waals surface area contributed by atoms with Gasteiger partial charge in [-0.05, 0) is 35.8 Å².